The SMILES string of the molecule is O=C(Nc1ccc(N2CCCC2)cc1)c1cnc(NCc2ccncc2)nc1. The molecule has 0 spiro atoms. The number of hydrogen-bond acceptors (Lipinski definition) is 6. The van der Waals surface area contributed by atoms with Crippen molar-refractivity contribution in [2.45, 2.75) is 19.4 Å². The van der Waals surface area contributed by atoms with E-state index in [-0.39, 0.29) is 5.91 Å². The predicted molar refractivity (Wildman–Crippen MR) is 109 cm³/mol. The number of nitrogens with one attached hydrogen (secondary N) is 2. The van der Waals surface area contributed by atoms with Gasteiger partial charge >= 0.3 is 0 Å². The molecule has 1 aromatic carbocycles. The van der Waals surface area contributed by atoms with Crippen LogP contribution in [0.25, 0.3) is 0 Å². The van der Waals surface area contributed by atoms with E-state index in [9.17, 15) is 4.79 Å². The molecule has 28 heavy (non-hydrogen) atoms. The zero-order valence-electron chi connectivity index (χ0n) is 15.5. The number of anilines is 3. The summed E-state index contributed by atoms with van der Waals surface area (Å²) in [5.74, 6) is 0.248. The molecule has 0 radical (unpaired) electrons. The minimum Gasteiger partial charge on any atom is -0.372 e. The van der Waals surface area contributed by atoms with Crippen LogP contribution in [0.3, 0.4) is 0 Å². The molecule has 0 saturated carbocycles. The third-order valence-electron chi connectivity index (χ3n) is 4.71. The topological polar surface area (TPSA) is 83.0 Å². The van der Waals surface area contributed by atoms with Gasteiger partial charge in [-0.25, -0.2) is 9.97 Å². The highest BCUT2D eigenvalue weighted by molar-refractivity contribution is 6.03. The maximum absolute atomic E-state index is 12.4. The lowest BCUT2D eigenvalue weighted by atomic mass is 10.2. The standard InChI is InChI=1S/C21H22N6O/c28-20(26-18-3-5-19(6-4-18)27-11-1-2-12-27)17-14-24-21(25-15-17)23-13-16-7-9-22-10-8-16/h3-10,14-15H,1-2,11-13H2,(H,26,28)(H,23,24,25). The fraction of sp³-hybridized carbons (Fsp3) is 0.238. The third-order valence-corrected chi connectivity index (χ3v) is 4.71. The Morgan fingerprint density at radius 1 is 0.964 bits per heavy atom. The van der Waals surface area contributed by atoms with E-state index in [4.69, 9.17) is 0 Å². The van der Waals surface area contributed by atoms with Crippen LogP contribution < -0.4 is 15.5 Å². The summed E-state index contributed by atoms with van der Waals surface area (Å²) in [4.78, 5) is 27.2. The van der Waals surface area contributed by atoms with Gasteiger partial charge in [0.05, 0.1) is 5.56 Å². The zero-order chi connectivity index (χ0) is 19.2. The van der Waals surface area contributed by atoms with Crippen LogP contribution >= 0.6 is 0 Å². The molecule has 0 bridgehead atoms. The highest BCUT2D eigenvalue weighted by Crippen LogP contribution is 2.22. The van der Waals surface area contributed by atoms with Crippen LogP contribution in [0, 0.1) is 0 Å². The smallest absolute Gasteiger partial charge is 0.258 e. The van der Waals surface area contributed by atoms with Crippen LogP contribution in [-0.2, 0) is 6.54 Å². The molecule has 1 saturated heterocycles. The molecule has 1 aliphatic heterocycles. The Bertz CT molecular complexity index is 906. The molecule has 3 aromatic rings. The van der Waals surface area contributed by atoms with E-state index in [2.05, 4.69) is 30.5 Å². The van der Waals surface area contributed by atoms with Crippen LogP contribution in [-0.4, -0.2) is 33.9 Å². The highest BCUT2D eigenvalue weighted by Gasteiger charge is 2.12. The molecule has 142 valence electrons. The van der Waals surface area contributed by atoms with E-state index in [1.54, 1.807) is 12.4 Å². The van der Waals surface area contributed by atoms with Crippen LogP contribution in [0.4, 0.5) is 17.3 Å². The second-order valence-corrected chi connectivity index (χ2v) is 6.70. The molecule has 7 nitrogen and oxygen atoms in total. The molecular weight excluding hydrogens is 352 g/mol. The van der Waals surface area contributed by atoms with Crippen LogP contribution in [0.1, 0.15) is 28.8 Å². The summed E-state index contributed by atoms with van der Waals surface area (Å²) in [7, 11) is 0. The van der Waals surface area contributed by atoms with Gasteiger partial charge in [0.2, 0.25) is 5.95 Å². The summed E-state index contributed by atoms with van der Waals surface area (Å²) in [6.45, 7) is 2.80. The second kappa shape index (κ2) is 8.47. The number of rotatable bonds is 6. The molecule has 1 aliphatic rings. The molecule has 1 fully saturated rings. The van der Waals surface area contributed by atoms with E-state index in [0.717, 1.165) is 24.3 Å². The van der Waals surface area contributed by atoms with E-state index in [1.165, 1.54) is 30.9 Å². The minimum atomic E-state index is -0.227. The number of carbonyl (C=O) groups is 1. The average Bonchev–Trinajstić information content (AvgIpc) is 3.29. The average molecular weight is 374 g/mol. The van der Waals surface area contributed by atoms with Gasteiger partial charge < -0.3 is 15.5 Å². The molecule has 3 heterocycles. The molecule has 1 amide bonds. The van der Waals surface area contributed by atoms with Crippen LogP contribution in [0.2, 0.25) is 0 Å². The van der Waals surface area contributed by atoms with Crippen molar-refractivity contribution in [3.05, 3.63) is 72.3 Å². The van der Waals surface area contributed by atoms with Crippen molar-refractivity contribution >= 4 is 23.2 Å². The van der Waals surface area contributed by atoms with Gasteiger partial charge in [-0.3, -0.25) is 9.78 Å². The van der Waals surface area contributed by atoms with Gasteiger partial charge in [0.15, 0.2) is 0 Å². The Hall–Kier alpha value is -3.48. The number of aromatic nitrogens is 3. The highest BCUT2D eigenvalue weighted by atomic mass is 16.1. The quantitative estimate of drug-likeness (QED) is 0.689. The maximum atomic E-state index is 12.4. The number of nitrogens with zero attached hydrogens (tertiary/aromatic N) is 4. The van der Waals surface area contributed by atoms with Gasteiger partial charge in [-0.05, 0) is 54.8 Å². The summed E-state index contributed by atoms with van der Waals surface area (Å²) in [5, 5.41) is 6.01. The summed E-state index contributed by atoms with van der Waals surface area (Å²) in [6, 6.07) is 11.8. The van der Waals surface area contributed by atoms with Crippen molar-refractivity contribution in [3.63, 3.8) is 0 Å². The molecule has 2 N–H and O–H groups in total. The molecule has 0 atom stereocenters. The first-order chi connectivity index (χ1) is 13.8. The first-order valence-electron chi connectivity index (χ1n) is 9.39. The monoisotopic (exact) mass is 374 g/mol. The largest absolute Gasteiger partial charge is 0.372 e. The van der Waals surface area contributed by atoms with E-state index < -0.39 is 0 Å². The number of hydrogen-bond donors (Lipinski definition) is 2. The Morgan fingerprint density at radius 3 is 2.32 bits per heavy atom. The Labute approximate surface area is 163 Å². The van der Waals surface area contributed by atoms with E-state index in [0.29, 0.717) is 18.1 Å². The minimum absolute atomic E-state index is 0.227. The number of benzene rings is 1. The maximum Gasteiger partial charge on any atom is 0.258 e. The van der Waals surface area contributed by atoms with E-state index in [1.807, 2.05) is 36.4 Å². The Morgan fingerprint density at radius 2 is 1.64 bits per heavy atom. The lowest BCUT2D eigenvalue weighted by molar-refractivity contribution is 0.102. The number of amides is 1. The van der Waals surface area contributed by atoms with Gasteiger partial charge in [0.1, 0.15) is 0 Å². The fourth-order valence-electron chi connectivity index (χ4n) is 3.15. The van der Waals surface area contributed by atoms with Crippen molar-refractivity contribution in [2.24, 2.45) is 0 Å². The molecular formula is C21H22N6O. The van der Waals surface area contributed by atoms with Crippen LogP contribution in [0.5, 0.6) is 0 Å². The third kappa shape index (κ3) is 4.43. The first-order valence-corrected chi connectivity index (χ1v) is 9.39. The summed E-state index contributed by atoms with van der Waals surface area (Å²) in [6.07, 6.45) is 9.01. The van der Waals surface area contributed by atoms with Gasteiger partial charge in [-0.1, -0.05) is 0 Å². The first kappa shape index (κ1) is 17.9. The molecule has 2 aromatic heterocycles. The Balaban J connectivity index is 1.33. The summed E-state index contributed by atoms with van der Waals surface area (Å²) >= 11 is 0. The van der Waals surface area contributed by atoms with E-state index >= 15 is 0 Å². The van der Waals surface area contributed by atoms with Gasteiger partial charge in [-0.15, -0.1) is 0 Å². The normalized spacial score (nSPS) is 13.4. The molecule has 0 aliphatic carbocycles. The molecule has 7 heteroatoms. The second-order valence-electron chi connectivity index (χ2n) is 6.70. The lowest BCUT2D eigenvalue weighted by Gasteiger charge is -2.17. The van der Waals surface area contributed by atoms with Crippen molar-refractivity contribution in [3.8, 4) is 0 Å². The van der Waals surface area contributed by atoms with Gasteiger partial charge in [0, 0.05) is 55.8 Å². The van der Waals surface area contributed by atoms with Crippen molar-refractivity contribution in [2.75, 3.05) is 28.6 Å². The van der Waals surface area contributed by atoms with Crippen molar-refractivity contribution < 1.29 is 4.79 Å². The summed E-state index contributed by atoms with van der Waals surface area (Å²) < 4.78 is 0. The van der Waals surface area contributed by atoms with Crippen LogP contribution in [0.15, 0.2) is 61.2 Å². The van der Waals surface area contributed by atoms with Gasteiger partial charge in [-0.2, -0.15) is 0 Å². The summed E-state index contributed by atoms with van der Waals surface area (Å²) in [5.41, 5.74) is 3.45. The van der Waals surface area contributed by atoms with Gasteiger partial charge in [0.25, 0.3) is 5.91 Å². The number of carbonyl (C=O) groups excluding carboxylic acids is 1. The fourth-order valence-corrected chi connectivity index (χ4v) is 3.15. The number of pyridine rings is 1. The zero-order valence-corrected chi connectivity index (χ0v) is 15.5. The van der Waals surface area contributed by atoms with Crippen molar-refractivity contribution in [1.82, 2.24) is 15.0 Å². The molecule has 4 rings (SSSR count). The van der Waals surface area contributed by atoms with Crippen molar-refractivity contribution in [1.29, 1.82) is 0 Å². The predicted octanol–water partition coefficient (Wildman–Crippen LogP) is 3.34. The lowest BCUT2D eigenvalue weighted by Crippen LogP contribution is -2.17. The molecule has 0 unspecified atom stereocenters. The Kier molecular flexibility index (Phi) is 5.42.